The number of pyridine rings is 1. The minimum Gasteiger partial charge on any atom is -0.337 e. The Kier molecular flexibility index (Phi) is 7.24. The topological polar surface area (TPSA) is 63.1 Å². The fourth-order valence-electron chi connectivity index (χ4n) is 3.90. The molecule has 0 bridgehead atoms. The molecule has 0 aliphatic carbocycles. The molecule has 158 valence electrons. The molecular formula is C23H28ClN5O. The van der Waals surface area contributed by atoms with E-state index in [2.05, 4.69) is 28.4 Å². The summed E-state index contributed by atoms with van der Waals surface area (Å²) < 4.78 is 1.86. The highest BCUT2D eigenvalue weighted by Gasteiger charge is 2.18. The molecule has 1 N–H and O–H groups in total. The second-order valence-corrected chi connectivity index (χ2v) is 7.89. The smallest absolute Gasteiger partial charge is 0.255 e. The zero-order chi connectivity index (χ0) is 20.2. The van der Waals surface area contributed by atoms with Crippen molar-refractivity contribution in [1.29, 1.82) is 0 Å². The number of benzene rings is 1. The van der Waals surface area contributed by atoms with Crippen LogP contribution >= 0.6 is 12.4 Å². The lowest BCUT2D eigenvalue weighted by Crippen LogP contribution is -2.26. The van der Waals surface area contributed by atoms with Crippen molar-refractivity contribution < 1.29 is 4.79 Å². The van der Waals surface area contributed by atoms with Crippen molar-refractivity contribution in [1.82, 2.24) is 25.0 Å². The molecule has 3 aromatic rings. The highest BCUT2D eigenvalue weighted by atomic mass is 35.5. The van der Waals surface area contributed by atoms with Crippen LogP contribution in [0.25, 0.3) is 5.69 Å². The van der Waals surface area contributed by atoms with Gasteiger partial charge in [0.05, 0.1) is 17.4 Å². The van der Waals surface area contributed by atoms with Gasteiger partial charge in [0, 0.05) is 37.7 Å². The maximum atomic E-state index is 12.9. The van der Waals surface area contributed by atoms with E-state index in [0.29, 0.717) is 18.0 Å². The standard InChI is InChI=1S/C23H27N5O.ClH/c1-17-5-3-4-6-22(17)28-16-20(13-26-28)15-27(2)23(29)21-10-19(12-25-14-21)9-18-7-8-24-11-18;/h3-6,10,12-14,16,18,24H,7-9,11,15H2,1-2H3;1H. The second kappa shape index (κ2) is 9.87. The van der Waals surface area contributed by atoms with Crippen LogP contribution in [0.4, 0.5) is 0 Å². The van der Waals surface area contributed by atoms with Crippen molar-refractivity contribution in [2.24, 2.45) is 5.92 Å². The molecule has 1 aliphatic heterocycles. The van der Waals surface area contributed by atoms with Crippen LogP contribution in [0.15, 0.2) is 55.1 Å². The van der Waals surface area contributed by atoms with E-state index in [9.17, 15) is 4.79 Å². The Morgan fingerprint density at radius 1 is 1.23 bits per heavy atom. The molecule has 1 aliphatic rings. The zero-order valence-corrected chi connectivity index (χ0v) is 18.2. The molecule has 1 saturated heterocycles. The summed E-state index contributed by atoms with van der Waals surface area (Å²) in [7, 11) is 1.82. The average Bonchev–Trinajstić information content (AvgIpc) is 3.40. The fourth-order valence-corrected chi connectivity index (χ4v) is 3.90. The summed E-state index contributed by atoms with van der Waals surface area (Å²) in [6.45, 7) is 4.69. The molecule has 0 radical (unpaired) electrons. The molecule has 1 amide bonds. The van der Waals surface area contributed by atoms with Gasteiger partial charge in [-0.2, -0.15) is 5.10 Å². The Morgan fingerprint density at radius 3 is 2.83 bits per heavy atom. The van der Waals surface area contributed by atoms with Crippen LogP contribution in [0.1, 0.15) is 33.5 Å². The summed E-state index contributed by atoms with van der Waals surface area (Å²) in [5.74, 6) is 0.611. The Bertz CT molecular complexity index is 997. The van der Waals surface area contributed by atoms with Crippen molar-refractivity contribution >= 4 is 18.3 Å². The number of aryl methyl sites for hydroxylation is 1. The highest BCUT2D eigenvalue weighted by Crippen LogP contribution is 2.17. The maximum absolute atomic E-state index is 12.9. The van der Waals surface area contributed by atoms with Gasteiger partial charge in [-0.25, -0.2) is 4.68 Å². The zero-order valence-electron chi connectivity index (χ0n) is 17.4. The fraction of sp³-hybridized carbons (Fsp3) is 0.348. The van der Waals surface area contributed by atoms with Crippen LogP contribution in [-0.2, 0) is 13.0 Å². The Labute approximate surface area is 183 Å². The number of para-hydroxylation sites is 1. The number of nitrogens with zero attached hydrogens (tertiary/aromatic N) is 4. The maximum Gasteiger partial charge on any atom is 0.255 e. The summed E-state index contributed by atoms with van der Waals surface area (Å²) in [4.78, 5) is 18.9. The first-order chi connectivity index (χ1) is 14.1. The number of hydrogen-bond acceptors (Lipinski definition) is 4. The number of rotatable bonds is 6. The predicted octanol–water partition coefficient (Wildman–Crippen LogP) is 3.42. The summed E-state index contributed by atoms with van der Waals surface area (Å²) >= 11 is 0. The van der Waals surface area contributed by atoms with Crippen LogP contribution < -0.4 is 5.32 Å². The van der Waals surface area contributed by atoms with Gasteiger partial charge in [0.25, 0.3) is 5.91 Å². The first kappa shape index (κ1) is 22.0. The van der Waals surface area contributed by atoms with Crippen molar-refractivity contribution in [3.8, 4) is 5.69 Å². The summed E-state index contributed by atoms with van der Waals surface area (Å²) in [5, 5.41) is 7.85. The highest BCUT2D eigenvalue weighted by molar-refractivity contribution is 5.93. The summed E-state index contributed by atoms with van der Waals surface area (Å²) in [6.07, 6.45) is 9.48. The van der Waals surface area contributed by atoms with Gasteiger partial charge in [-0.1, -0.05) is 18.2 Å². The number of halogens is 1. The number of aromatic nitrogens is 3. The Morgan fingerprint density at radius 2 is 2.07 bits per heavy atom. The largest absolute Gasteiger partial charge is 0.337 e. The van der Waals surface area contributed by atoms with E-state index in [0.717, 1.165) is 41.9 Å². The lowest BCUT2D eigenvalue weighted by Gasteiger charge is -2.17. The van der Waals surface area contributed by atoms with Crippen LogP contribution in [0.3, 0.4) is 0 Å². The summed E-state index contributed by atoms with van der Waals surface area (Å²) in [5.41, 5.74) is 4.97. The third-order valence-corrected chi connectivity index (χ3v) is 5.49. The SMILES string of the molecule is Cc1ccccc1-n1cc(CN(C)C(=O)c2cncc(CC3CCNC3)c2)cn1.Cl. The molecule has 1 fully saturated rings. The molecule has 30 heavy (non-hydrogen) atoms. The number of nitrogens with one attached hydrogen (secondary N) is 1. The van der Waals surface area contributed by atoms with E-state index in [1.807, 2.05) is 54.6 Å². The molecule has 4 rings (SSSR count). The predicted molar refractivity (Wildman–Crippen MR) is 120 cm³/mol. The molecule has 1 aromatic carbocycles. The normalized spacial score (nSPS) is 15.6. The van der Waals surface area contributed by atoms with Crippen LogP contribution in [0.2, 0.25) is 0 Å². The monoisotopic (exact) mass is 425 g/mol. The third-order valence-electron chi connectivity index (χ3n) is 5.49. The van der Waals surface area contributed by atoms with Gasteiger partial charge in [0.15, 0.2) is 0 Å². The van der Waals surface area contributed by atoms with E-state index in [-0.39, 0.29) is 18.3 Å². The van der Waals surface area contributed by atoms with Gasteiger partial charge >= 0.3 is 0 Å². The van der Waals surface area contributed by atoms with Crippen LogP contribution in [0.5, 0.6) is 0 Å². The molecule has 3 heterocycles. The Balaban J connectivity index is 0.00000256. The molecule has 2 aromatic heterocycles. The number of carbonyl (C=O) groups is 1. The van der Waals surface area contributed by atoms with Crippen LogP contribution in [-0.4, -0.2) is 45.7 Å². The quantitative estimate of drug-likeness (QED) is 0.657. The van der Waals surface area contributed by atoms with E-state index in [1.54, 1.807) is 11.1 Å². The first-order valence-electron chi connectivity index (χ1n) is 10.1. The van der Waals surface area contributed by atoms with Gasteiger partial charge < -0.3 is 10.2 Å². The van der Waals surface area contributed by atoms with Crippen molar-refractivity contribution in [3.63, 3.8) is 0 Å². The lowest BCUT2D eigenvalue weighted by molar-refractivity contribution is 0.0784. The van der Waals surface area contributed by atoms with E-state index in [1.165, 1.54) is 6.42 Å². The van der Waals surface area contributed by atoms with Crippen LogP contribution in [0, 0.1) is 12.8 Å². The molecule has 1 unspecified atom stereocenters. The van der Waals surface area contributed by atoms with Crippen molar-refractivity contribution in [2.45, 2.75) is 26.3 Å². The second-order valence-electron chi connectivity index (χ2n) is 7.89. The number of carbonyl (C=O) groups excluding carboxylic acids is 1. The van der Waals surface area contributed by atoms with Gasteiger partial charge in [0.2, 0.25) is 0 Å². The van der Waals surface area contributed by atoms with Crippen molar-refractivity contribution in [3.05, 3.63) is 77.4 Å². The minimum absolute atomic E-state index is 0. The molecule has 1 atom stereocenters. The van der Waals surface area contributed by atoms with Gasteiger partial charge in [0.1, 0.15) is 0 Å². The Hall–Kier alpha value is -2.70. The van der Waals surface area contributed by atoms with E-state index >= 15 is 0 Å². The van der Waals surface area contributed by atoms with Gasteiger partial charge in [-0.15, -0.1) is 12.4 Å². The first-order valence-corrected chi connectivity index (χ1v) is 10.1. The number of amides is 1. The minimum atomic E-state index is -0.0208. The molecule has 0 saturated carbocycles. The lowest BCUT2D eigenvalue weighted by atomic mass is 9.99. The van der Waals surface area contributed by atoms with Gasteiger partial charge in [-0.3, -0.25) is 9.78 Å². The third kappa shape index (κ3) is 5.07. The molecule has 0 spiro atoms. The number of hydrogen-bond donors (Lipinski definition) is 1. The van der Waals surface area contributed by atoms with Crippen molar-refractivity contribution in [2.75, 3.05) is 20.1 Å². The van der Waals surface area contributed by atoms with E-state index in [4.69, 9.17) is 0 Å². The van der Waals surface area contributed by atoms with E-state index < -0.39 is 0 Å². The molecular weight excluding hydrogens is 398 g/mol. The molecule has 7 heteroatoms. The van der Waals surface area contributed by atoms with Gasteiger partial charge in [-0.05, 0) is 62.0 Å². The molecule has 6 nitrogen and oxygen atoms in total. The summed E-state index contributed by atoms with van der Waals surface area (Å²) in [6, 6.07) is 10.1. The average molecular weight is 426 g/mol.